The Bertz CT molecular complexity index is 1650. The molecule has 0 atom stereocenters. The van der Waals surface area contributed by atoms with Crippen molar-refractivity contribution in [3.05, 3.63) is 112 Å². The summed E-state index contributed by atoms with van der Waals surface area (Å²) < 4.78 is 74.3. The van der Waals surface area contributed by atoms with Crippen molar-refractivity contribution in [2.24, 2.45) is 0 Å². The second-order valence-corrected chi connectivity index (χ2v) is 12.3. The number of aryl methyl sites for hydroxylation is 3. The number of hydrogen-bond donors (Lipinski definition) is 0. The lowest BCUT2D eigenvalue weighted by Gasteiger charge is -2.24. The van der Waals surface area contributed by atoms with Crippen molar-refractivity contribution in [3.8, 4) is 11.1 Å². The molecule has 0 radical (unpaired) electrons. The Hall–Kier alpha value is -3.89. The molecule has 0 saturated heterocycles. The van der Waals surface area contributed by atoms with Crippen molar-refractivity contribution < 1.29 is 35.5 Å². The number of sulfone groups is 1. The van der Waals surface area contributed by atoms with E-state index in [4.69, 9.17) is 4.42 Å². The van der Waals surface area contributed by atoms with Gasteiger partial charge in [-0.1, -0.05) is 54.1 Å². The normalized spacial score (nSPS) is 12.1. The van der Waals surface area contributed by atoms with Crippen molar-refractivity contribution in [2.75, 3.05) is 12.9 Å². The molecule has 1 aromatic heterocycles. The summed E-state index contributed by atoms with van der Waals surface area (Å²) in [6.45, 7) is 7.18. The van der Waals surface area contributed by atoms with Crippen LogP contribution in [0.25, 0.3) is 11.1 Å². The fourth-order valence-corrected chi connectivity index (χ4v) is 6.10. The van der Waals surface area contributed by atoms with Crippen LogP contribution in [0.2, 0.25) is 0 Å². The molecule has 0 bridgehead atoms. The van der Waals surface area contributed by atoms with Crippen LogP contribution in [0, 0.1) is 20.8 Å². The fraction of sp³-hybridized carbons (Fsp3) is 0.281. The van der Waals surface area contributed by atoms with Crippen LogP contribution in [0.4, 0.5) is 13.2 Å². The summed E-state index contributed by atoms with van der Waals surface area (Å²) in [7, 11) is -2.73. The SMILES string of the molecule is COC(=O)CS(=O)(=O)c1cccc(-c2ccc(CN(Cc3ccc(C(F)(F)F)o3)Cc3c(C)cc(C)cc3C)cc2)c1. The Morgan fingerprint density at radius 3 is 2.12 bits per heavy atom. The van der Waals surface area contributed by atoms with E-state index in [1.807, 2.05) is 49.9 Å². The van der Waals surface area contributed by atoms with E-state index in [2.05, 4.69) is 16.9 Å². The number of benzene rings is 3. The molecular formula is C32H32F3NO5S. The number of esters is 1. The van der Waals surface area contributed by atoms with Gasteiger partial charge < -0.3 is 9.15 Å². The maximum atomic E-state index is 13.2. The van der Waals surface area contributed by atoms with Gasteiger partial charge in [-0.15, -0.1) is 0 Å². The summed E-state index contributed by atoms with van der Waals surface area (Å²) >= 11 is 0. The lowest BCUT2D eigenvalue weighted by atomic mass is 9.99. The minimum absolute atomic E-state index is 0.0150. The topological polar surface area (TPSA) is 76.8 Å². The molecule has 4 rings (SSSR count). The Balaban J connectivity index is 1.58. The minimum atomic E-state index is -4.56. The number of methoxy groups -OCH3 is 1. The molecule has 0 aliphatic heterocycles. The van der Waals surface area contributed by atoms with E-state index in [0.717, 1.165) is 46.6 Å². The molecule has 0 amide bonds. The molecule has 0 saturated carbocycles. The van der Waals surface area contributed by atoms with Crippen LogP contribution in [-0.4, -0.2) is 32.1 Å². The second kappa shape index (κ2) is 12.5. The first-order valence-electron chi connectivity index (χ1n) is 13.2. The zero-order valence-electron chi connectivity index (χ0n) is 23.8. The first kappa shape index (κ1) is 31.1. The van der Waals surface area contributed by atoms with E-state index >= 15 is 0 Å². The monoisotopic (exact) mass is 599 g/mol. The quantitative estimate of drug-likeness (QED) is 0.182. The molecule has 4 aromatic rings. The Kier molecular flexibility index (Phi) is 9.27. The number of ether oxygens (including phenoxy) is 1. The van der Waals surface area contributed by atoms with Crippen molar-refractivity contribution >= 4 is 15.8 Å². The molecule has 3 aromatic carbocycles. The smallest absolute Gasteiger partial charge is 0.449 e. The van der Waals surface area contributed by atoms with Gasteiger partial charge in [0.1, 0.15) is 5.76 Å². The van der Waals surface area contributed by atoms with E-state index in [-0.39, 0.29) is 17.2 Å². The predicted molar refractivity (Wildman–Crippen MR) is 153 cm³/mol. The molecule has 42 heavy (non-hydrogen) atoms. The Labute approximate surface area is 243 Å². The zero-order valence-corrected chi connectivity index (χ0v) is 24.6. The van der Waals surface area contributed by atoms with Crippen molar-refractivity contribution in [2.45, 2.75) is 51.5 Å². The van der Waals surface area contributed by atoms with Gasteiger partial charge in [-0.25, -0.2) is 8.42 Å². The van der Waals surface area contributed by atoms with E-state index < -0.39 is 33.5 Å². The summed E-state index contributed by atoms with van der Waals surface area (Å²) in [6, 6.07) is 20.3. The number of nitrogens with zero attached hydrogens (tertiary/aromatic N) is 1. The van der Waals surface area contributed by atoms with Crippen molar-refractivity contribution in [1.29, 1.82) is 0 Å². The molecule has 0 fully saturated rings. The number of furan rings is 1. The third-order valence-electron chi connectivity index (χ3n) is 6.96. The molecule has 10 heteroatoms. The highest BCUT2D eigenvalue weighted by molar-refractivity contribution is 7.92. The Morgan fingerprint density at radius 2 is 1.52 bits per heavy atom. The van der Waals surface area contributed by atoms with Crippen LogP contribution in [0.1, 0.15) is 39.3 Å². The van der Waals surface area contributed by atoms with Crippen LogP contribution in [0.5, 0.6) is 0 Å². The number of halogens is 3. The average molecular weight is 600 g/mol. The van der Waals surface area contributed by atoms with Gasteiger partial charge in [0.25, 0.3) is 0 Å². The summed E-state index contributed by atoms with van der Waals surface area (Å²) in [5.74, 6) is -2.40. The largest absolute Gasteiger partial charge is 0.468 e. The van der Waals surface area contributed by atoms with Gasteiger partial charge >= 0.3 is 12.1 Å². The molecule has 0 unspecified atom stereocenters. The van der Waals surface area contributed by atoms with E-state index in [1.54, 1.807) is 12.1 Å². The molecule has 0 spiro atoms. The number of alkyl halides is 3. The van der Waals surface area contributed by atoms with E-state index in [0.29, 0.717) is 18.7 Å². The van der Waals surface area contributed by atoms with Gasteiger partial charge in [-0.2, -0.15) is 13.2 Å². The third-order valence-corrected chi connectivity index (χ3v) is 8.55. The standard InChI is InChI=1S/C32H32F3NO5S/c1-21-14-22(2)29(23(3)15-21)19-36(18-27-12-13-30(41-27)32(33,34)35)17-24-8-10-25(11-9-24)26-6-5-7-28(16-26)42(38,39)20-31(37)40-4/h5-16H,17-20H2,1-4H3. The maximum Gasteiger partial charge on any atom is 0.449 e. The van der Waals surface area contributed by atoms with E-state index in [1.165, 1.54) is 18.2 Å². The van der Waals surface area contributed by atoms with Crippen LogP contribution in [0.3, 0.4) is 0 Å². The van der Waals surface area contributed by atoms with Crippen molar-refractivity contribution in [3.63, 3.8) is 0 Å². The average Bonchev–Trinajstić information content (AvgIpc) is 3.40. The first-order chi connectivity index (χ1) is 19.7. The molecule has 0 aliphatic rings. The van der Waals surface area contributed by atoms with Crippen molar-refractivity contribution in [1.82, 2.24) is 4.90 Å². The zero-order chi connectivity index (χ0) is 30.7. The summed E-state index contributed by atoms with van der Waals surface area (Å²) in [5, 5.41) is 0. The predicted octanol–water partition coefficient (Wildman–Crippen LogP) is 7.04. The molecular weight excluding hydrogens is 567 g/mol. The lowest BCUT2D eigenvalue weighted by molar-refractivity contribution is -0.153. The highest BCUT2D eigenvalue weighted by atomic mass is 32.2. The van der Waals surface area contributed by atoms with Gasteiger partial charge in [-0.05, 0) is 78.4 Å². The fourth-order valence-electron chi connectivity index (χ4n) is 4.91. The van der Waals surface area contributed by atoms with Gasteiger partial charge in [-0.3, -0.25) is 9.69 Å². The maximum absolute atomic E-state index is 13.2. The lowest BCUT2D eigenvalue weighted by Crippen LogP contribution is -2.23. The summed E-state index contributed by atoms with van der Waals surface area (Å²) in [4.78, 5) is 13.6. The molecule has 222 valence electrons. The van der Waals surface area contributed by atoms with E-state index in [9.17, 15) is 26.4 Å². The highest BCUT2D eigenvalue weighted by Crippen LogP contribution is 2.31. The summed E-state index contributed by atoms with van der Waals surface area (Å²) in [6.07, 6.45) is -4.56. The van der Waals surface area contributed by atoms with Gasteiger partial charge in [0.2, 0.25) is 5.76 Å². The van der Waals surface area contributed by atoms with Gasteiger partial charge in [0.15, 0.2) is 15.6 Å². The number of rotatable bonds is 10. The second-order valence-electron chi connectivity index (χ2n) is 10.3. The molecule has 0 N–H and O–H groups in total. The molecule has 6 nitrogen and oxygen atoms in total. The van der Waals surface area contributed by atoms with Crippen LogP contribution in [0.15, 0.2) is 82.1 Å². The van der Waals surface area contributed by atoms with Crippen LogP contribution < -0.4 is 0 Å². The minimum Gasteiger partial charge on any atom is -0.468 e. The van der Waals surface area contributed by atoms with Crippen LogP contribution >= 0.6 is 0 Å². The number of carbonyl (C=O) groups excluding carboxylic acids is 1. The van der Waals surface area contributed by atoms with Gasteiger partial charge in [0.05, 0.1) is 18.6 Å². The third kappa shape index (κ3) is 7.68. The summed E-state index contributed by atoms with van der Waals surface area (Å²) in [5.41, 5.74) is 6.79. The first-order valence-corrected chi connectivity index (χ1v) is 14.8. The Morgan fingerprint density at radius 1 is 0.857 bits per heavy atom. The van der Waals surface area contributed by atoms with Crippen LogP contribution in [-0.2, 0) is 45.2 Å². The molecule has 0 aliphatic carbocycles. The number of carbonyl (C=O) groups is 1. The molecule has 1 heterocycles. The highest BCUT2D eigenvalue weighted by Gasteiger charge is 2.35. The number of hydrogen-bond acceptors (Lipinski definition) is 6. The van der Waals surface area contributed by atoms with Gasteiger partial charge in [0, 0.05) is 13.1 Å².